The number of benzene rings is 1. The van der Waals surface area contributed by atoms with Crippen molar-refractivity contribution >= 4 is 17.7 Å². The third-order valence-electron chi connectivity index (χ3n) is 3.28. The van der Waals surface area contributed by atoms with E-state index in [9.17, 15) is 14.4 Å². The lowest BCUT2D eigenvalue weighted by atomic mass is 9.90. The molecule has 0 bridgehead atoms. The van der Waals surface area contributed by atoms with Crippen molar-refractivity contribution < 1.29 is 9.18 Å². The van der Waals surface area contributed by atoms with Gasteiger partial charge in [0.2, 0.25) is 5.91 Å². The SMILES string of the molecule is CC(Sc1ccccc1F)C(=O)NC(C)(C#N)C(C)C. The maximum absolute atomic E-state index is 13.5. The first kappa shape index (κ1) is 16.5. The quantitative estimate of drug-likeness (QED) is 0.847. The number of hydrogen-bond acceptors (Lipinski definition) is 3. The van der Waals surface area contributed by atoms with Crippen LogP contribution in [-0.2, 0) is 4.79 Å². The molecule has 2 atom stereocenters. The second-order valence-electron chi connectivity index (χ2n) is 5.15. The third kappa shape index (κ3) is 3.97. The van der Waals surface area contributed by atoms with E-state index >= 15 is 0 Å². The van der Waals surface area contributed by atoms with Gasteiger partial charge in [0, 0.05) is 4.90 Å². The molecule has 1 aromatic carbocycles. The predicted molar refractivity (Wildman–Crippen MR) is 78.7 cm³/mol. The van der Waals surface area contributed by atoms with E-state index in [2.05, 4.69) is 11.4 Å². The molecule has 3 nitrogen and oxygen atoms in total. The van der Waals surface area contributed by atoms with Gasteiger partial charge in [0.1, 0.15) is 11.4 Å². The highest BCUT2D eigenvalue weighted by Crippen LogP contribution is 2.26. The molecule has 0 heterocycles. The standard InChI is InChI=1S/C15H19FN2OS/c1-10(2)15(4,9-17)18-14(19)11(3)20-13-8-6-5-7-12(13)16/h5-8,10-11H,1-4H3,(H,18,19). The van der Waals surface area contributed by atoms with Gasteiger partial charge in [-0.25, -0.2) is 4.39 Å². The van der Waals surface area contributed by atoms with Gasteiger partial charge in [-0.3, -0.25) is 4.79 Å². The fourth-order valence-corrected chi connectivity index (χ4v) is 2.33. The zero-order valence-electron chi connectivity index (χ0n) is 12.1. The summed E-state index contributed by atoms with van der Waals surface area (Å²) in [6.45, 7) is 7.14. The van der Waals surface area contributed by atoms with Crippen LogP contribution in [0.5, 0.6) is 0 Å². The zero-order chi connectivity index (χ0) is 15.3. The molecule has 1 N–H and O–H groups in total. The van der Waals surface area contributed by atoms with Crippen molar-refractivity contribution in [2.45, 2.75) is 43.4 Å². The average molecular weight is 294 g/mol. The Morgan fingerprint density at radius 1 is 1.40 bits per heavy atom. The summed E-state index contributed by atoms with van der Waals surface area (Å²) in [7, 11) is 0. The van der Waals surface area contributed by atoms with E-state index in [-0.39, 0.29) is 17.6 Å². The fourth-order valence-electron chi connectivity index (χ4n) is 1.44. The number of nitrogens with one attached hydrogen (secondary N) is 1. The molecule has 0 fully saturated rings. The molecule has 0 aromatic heterocycles. The molecular weight excluding hydrogens is 275 g/mol. The summed E-state index contributed by atoms with van der Waals surface area (Å²) in [6, 6.07) is 8.45. The number of nitriles is 1. The second kappa shape index (κ2) is 6.76. The number of carbonyl (C=O) groups excluding carboxylic acids is 1. The van der Waals surface area contributed by atoms with Crippen molar-refractivity contribution in [2.75, 3.05) is 0 Å². The van der Waals surface area contributed by atoms with E-state index in [0.717, 1.165) is 11.8 Å². The Labute approximate surface area is 123 Å². The van der Waals surface area contributed by atoms with Crippen LogP contribution in [0.15, 0.2) is 29.2 Å². The van der Waals surface area contributed by atoms with Crippen molar-refractivity contribution in [2.24, 2.45) is 5.92 Å². The van der Waals surface area contributed by atoms with E-state index in [0.29, 0.717) is 4.90 Å². The topological polar surface area (TPSA) is 52.9 Å². The van der Waals surface area contributed by atoms with E-state index in [4.69, 9.17) is 0 Å². The van der Waals surface area contributed by atoms with Crippen LogP contribution >= 0.6 is 11.8 Å². The number of nitrogens with zero attached hydrogens (tertiary/aromatic N) is 1. The highest BCUT2D eigenvalue weighted by molar-refractivity contribution is 8.00. The minimum Gasteiger partial charge on any atom is -0.337 e. The number of hydrogen-bond donors (Lipinski definition) is 1. The zero-order valence-corrected chi connectivity index (χ0v) is 12.9. The number of amides is 1. The molecule has 1 amide bonds. The van der Waals surface area contributed by atoms with Gasteiger partial charge in [0.15, 0.2) is 0 Å². The molecule has 1 aromatic rings. The first-order valence-electron chi connectivity index (χ1n) is 6.44. The molecular formula is C15H19FN2OS. The number of thioether (sulfide) groups is 1. The fraction of sp³-hybridized carbons (Fsp3) is 0.467. The summed E-state index contributed by atoms with van der Waals surface area (Å²) in [5.41, 5.74) is -0.916. The number of rotatable bonds is 5. The Hall–Kier alpha value is -1.54. The summed E-state index contributed by atoms with van der Waals surface area (Å²) in [5, 5.41) is 11.5. The van der Waals surface area contributed by atoms with Crippen LogP contribution in [0.4, 0.5) is 4.39 Å². The van der Waals surface area contributed by atoms with Crippen LogP contribution in [0.1, 0.15) is 27.7 Å². The Bertz CT molecular complexity index is 527. The summed E-state index contributed by atoms with van der Waals surface area (Å²) in [4.78, 5) is 12.6. The predicted octanol–water partition coefficient (Wildman–Crippen LogP) is 3.36. The lowest BCUT2D eigenvalue weighted by Gasteiger charge is -2.28. The van der Waals surface area contributed by atoms with E-state index in [1.165, 1.54) is 6.07 Å². The van der Waals surface area contributed by atoms with Crippen LogP contribution in [0.2, 0.25) is 0 Å². The molecule has 20 heavy (non-hydrogen) atoms. The highest BCUT2D eigenvalue weighted by atomic mass is 32.2. The smallest absolute Gasteiger partial charge is 0.234 e. The molecule has 0 aliphatic heterocycles. The van der Waals surface area contributed by atoms with Crippen molar-refractivity contribution in [3.05, 3.63) is 30.1 Å². The van der Waals surface area contributed by atoms with Crippen LogP contribution in [0.25, 0.3) is 0 Å². The van der Waals surface area contributed by atoms with Crippen LogP contribution in [0.3, 0.4) is 0 Å². The molecule has 0 spiro atoms. The van der Waals surface area contributed by atoms with Gasteiger partial charge in [-0.15, -0.1) is 11.8 Å². The van der Waals surface area contributed by atoms with Crippen LogP contribution < -0.4 is 5.32 Å². The Morgan fingerprint density at radius 3 is 2.50 bits per heavy atom. The van der Waals surface area contributed by atoms with Gasteiger partial charge in [0.25, 0.3) is 0 Å². The molecule has 108 valence electrons. The minimum atomic E-state index is -0.916. The van der Waals surface area contributed by atoms with Crippen molar-refractivity contribution in [1.82, 2.24) is 5.32 Å². The Kier molecular flexibility index (Phi) is 5.58. The van der Waals surface area contributed by atoms with Crippen LogP contribution in [0, 0.1) is 23.1 Å². The Morgan fingerprint density at radius 2 is 2.00 bits per heavy atom. The van der Waals surface area contributed by atoms with Gasteiger partial charge in [-0.1, -0.05) is 26.0 Å². The summed E-state index contributed by atoms with van der Waals surface area (Å²) in [5.74, 6) is -0.623. The lowest BCUT2D eigenvalue weighted by Crippen LogP contribution is -2.51. The van der Waals surface area contributed by atoms with Gasteiger partial charge in [0.05, 0.1) is 11.3 Å². The number of carbonyl (C=O) groups is 1. The van der Waals surface area contributed by atoms with Crippen molar-refractivity contribution in [1.29, 1.82) is 5.26 Å². The molecule has 0 saturated heterocycles. The normalized spacial score (nSPS) is 15.2. The molecule has 0 saturated carbocycles. The average Bonchev–Trinajstić information content (AvgIpc) is 2.40. The second-order valence-corrected chi connectivity index (χ2v) is 6.53. The van der Waals surface area contributed by atoms with Gasteiger partial charge >= 0.3 is 0 Å². The molecule has 1 rings (SSSR count). The highest BCUT2D eigenvalue weighted by Gasteiger charge is 2.31. The minimum absolute atomic E-state index is 0.0119. The van der Waals surface area contributed by atoms with Crippen molar-refractivity contribution in [3.63, 3.8) is 0 Å². The molecule has 2 unspecified atom stereocenters. The summed E-state index contributed by atoms with van der Waals surface area (Å²) >= 11 is 1.14. The maximum atomic E-state index is 13.5. The molecule has 0 radical (unpaired) electrons. The first-order valence-corrected chi connectivity index (χ1v) is 7.32. The summed E-state index contributed by atoms with van der Waals surface area (Å²) < 4.78 is 13.5. The third-order valence-corrected chi connectivity index (χ3v) is 4.43. The maximum Gasteiger partial charge on any atom is 0.234 e. The molecule has 0 aliphatic carbocycles. The van der Waals surface area contributed by atoms with Crippen LogP contribution in [-0.4, -0.2) is 16.7 Å². The van der Waals surface area contributed by atoms with Gasteiger partial charge < -0.3 is 5.32 Å². The lowest BCUT2D eigenvalue weighted by molar-refractivity contribution is -0.121. The van der Waals surface area contributed by atoms with E-state index < -0.39 is 10.8 Å². The van der Waals surface area contributed by atoms with Crippen molar-refractivity contribution in [3.8, 4) is 6.07 Å². The number of halogens is 1. The Balaban J connectivity index is 2.74. The van der Waals surface area contributed by atoms with Gasteiger partial charge in [-0.05, 0) is 31.9 Å². The first-order chi connectivity index (χ1) is 9.30. The molecule has 5 heteroatoms. The monoisotopic (exact) mass is 294 g/mol. The molecule has 0 aliphatic rings. The van der Waals surface area contributed by atoms with E-state index in [1.807, 2.05) is 13.8 Å². The van der Waals surface area contributed by atoms with E-state index in [1.54, 1.807) is 32.0 Å². The summed E-state index contributed by atoms with van der Waals surface area (Å²) in [6.07, 6.45) is 0. The largest absolute Gasteiger partial charge is 0.337 e. The van der Waals surface area contributed by atoms with Gasteiger partial charge in [-0.2, -0.15) is 5.26 Å².